The molecule has 8 nitrogen and oxygen atoms in total. The Hall–Kier alpha value is -4.72. The van der Waals surface area contributed by atoms with E-state index < -0.39 is 0 Å². The van der Waals surface area contributed by atoms with Crippen LogP contribution in [0, 0.1) is 0 Å². The number of fused-ring (bicyclic) bond motifs is 1. The third-order valence-corrected chi connectivity index (χ3v) is 5.49. The lowest BCUT2D eigenvalue weighted by atomic mass is 10.2. The highest BCUT2D eigenvalue weighted by molar-refractivity contribution is 5.74. The number of hydrogen-bond donors (Lipinski definition) is 0. The van der Waals surface area contributed by atoms with Crippen molar-refractivity contribution in [2.24, 2.45) is 0 Å². The van der Waals surface area contributed by atoms with E-state index in [-0.39, 0.29) is 0 Å². The second kappa shape index (κ2) is 8.67. The molecular weight excluding hydrogens is 424 g/mol. The molecule has 0 aliphatic heterocycles. The molecule has 0 radical (unpaired) electrons. The summed E-state index contributed by atoms with van der Waals surface area (Å²) in [5, 5.41) is 9.41. The van der Waals surface area contributed by atoms with E-state index in [0.29, 0.717) is 13.1 Å². The molecule has 6 rings (SSSR count). The lowest BCUT2D eigenvalue weighted by molar-refractivity contribution is 0.632. The largest absolute Gasteiger partial charge is 0.266 e. The van der Waals surface area contributed by atoms with Gasteiger partial charge in [0.15, 0.2) is 0 Å². The van der Waals surface area contributed by atoms with Gasteiger partial charge in [-0.2, -0.15) is 10.2 Å². The molecule has 1 aromatic carbocycles. The maximum absolute atomic E-state index is 4.92. The van der Waals surface area contributed by atoms with Gasteiger partial charge in [-0.25, -0.2) is 9.97 Å². The molecule has 0 aliphatic carbocycles. The number of aromatic nitrogens is 8. The lowest BCUT2D eigenvalue weighted by Crippen LogP contribution is -2.12. The molecule has 0 N–H and O–H groups in total. The Morgan fingerprint density at radius 3 is 1.41 bits per heavy atom. The first-order valence-corrected chi connectivity index (χ1v) is 11.0. The molecule has 8 heteroatoms. The third kappa shape index (κ3) is 4.04. The van der Waals surface area contributed by atoms with Crippen LogP contribution in [0.25, 0.3) is 33.8 Å². The van der Waals surface area contributed by atoms with Gasteiger partial charge in [-0.15, -0.1) is 0 Å². The maximum Gasteiger partial charge on any atom is 0.111 e. The maximum atomic E-state index is 4.92. The molecule has 0 saturated heterocycles. The molecule has 34 heavy (non-hydrogen) atoms. The molecule has 164 valence electrons. The molecule has 0 fully saturated rings. The summed E-state index contributed by atoms with van der Waals surface area (Å²) in [6, 6.07) is 23.4. The Morgan fingerprint density at radius 1 is 0.500 bits per heavy atom. The highest BCUT2D eigenvalue weighted by Gasteiger charge is 2.13. The van der Waals surface area contributed by atoms with E-state index in [9.17, 15) is 0 Å². The first kappa shape index (κ1) is 19.9. The van der Waals surface area contributed by atoms with E-state index in [1.165, 1.54) is 0 Å². The van der Waals surface area contributed by atoms with Crippen LogP contribution in [0.3, 0.4) is 0 Å². The quantitative estimate of drug-likeness (QED) is 0.382. The number of rotatable bonds is 6. The van der Waals surface area contributed by atoms with Crippen LogP contribution in [-0.4, -0.2) is 39.5 Å². The van der Waals surface area contributed by atoms with Gasteiger partial charge in [0.1, 0.15) is 11.4 Å². The molecular formula is C26H20N8. The Bertz CT molecular complexity index is 1440. The van der Waals surface area contributed by atoms with Crippen molar-refractivity contribution < 1.29 is 0 Å². The molecule has 5 aromatic heterocycles. The van der Waals surface area contributed by atoms with Crippen LogP contribution in [0.4, 0.5) is 0 Å². The van der Waals surface area contributed by atoms with Gasteiger partial charge >= 0.3 is 0 Å². The van der Waals surface area contributed by atoms with Crippen LogP contribution in [0.15, 0.2) is 97.6 Å². The Labute approximate surface area is 195 Å². The number of pyridine rings is 2. The summed E-state index contributed by atoms with van der Waals surface area (Å²) in [7, 11) is 0. The van der Waals surface area contributed by atoms with Gasteiger partial charge in [0.05, 0.1) is 46.9 Å². The van der Waals surface area contributed by atoms with E-state index in [4.69, 9.17) is 20.2 Å². The smallest absolute Gasteiger partial charge is 0.111 e. The third-order valence-electron chi connectivity index (χ3n) is 5.49. The van der Waals surface area contributed by atoms with Gasteiger partial charge < -0.3 is 0 Å². The van der Waals surface area contributed by atoms with E-state index in [0.717, 1.165) is 45.2 Å². The Kier molecular flexibility index (Phi) is 5.08. The zero-order chi connectivity index (χ0) is 22.7. The number of nitrogens with zero attached hydrogens (tertiary/aromatic N) is 8. The molecule has 6 aromatic rings. The van der Waals surface area contributed by atoms with Crippen LogP contribution >= 0.6 is 0 Å². The van der Waals surface area contributed by atoms with E-state index in [2.05, 4.69) is 9.97 Å². The van der Waals surface area contributed by atoms with Gasteiger partial charge in [0.2, 0.25) is 0 Å². The van der Waals surface area contributed by atoms with Crippen molar-refractivity contribution in [2.45, 2.75) is 13.1 Å². The van der Waals surface area contributed by atoms with Crippen molar-refractivity contribution in [3.05, 3.63) is 109 Å². The number of hydrogen-bond acceptors (Lipinski definition) is 6. The first-order chi connectivity index (χ1) is 16.8. The highest BCUT2D eigenvalue weighted by atomic mass is 15.3. The van der Waals surface area contributed by atoms with Gasteiger partial charge in [-0.05, 0) is 48.5 Å². The average molecular weight is 445 g/mol. The fourth-order valence-electron chi connectivity index (χ4n) is 3.83. The summed E-state index contributed by atoms with van der Waals surface area (Å²) in [6.07, 6.45) is 7.42. The Balaban J connectivity index is 1.33. The SMILES string of the molecule is c1ccc(-c2ccn(Cc3nc4ccccc4nc3Cn3ccc(-c4ccccn4)n3)n2)nc1. The second-order valence-corrected chi connectivity index (χ2v) is 7.83. The van der Waals surface area contributed by atoms with E-state index in [1.54, 1.807) is 12.4 Å². The summed E-state index contributed by atoms with van der Waals surface area (Å²) in [6.45, 7) is 0.989. The normalized spacial score (nSPS) is 11.2. The molecule has 0 atom stereocenters. The lowest BCUT2D eigenvalue weighted by Gasteiger charge is -2.10. The van der Waals surface area contributed by atoms with E-state index in [1.807, 2.05) is 94.6 Å². The minimum absolute atomic E-state index is 0.494. The zero-order valence-electron chi connectivity index (χ0n) is 18.2. The second-order valence-electron chi connectivity index (χ2n) is 7.83. The van der Waals surface area contributed by atoms with Crippen molar-refractivity contribution in [3.63, 3.8) is 0 Å². The number of para-hydroxylation sites is 2. The van der Waals surface area contributed by atoms with Crippen LogP contribution < -0.4 is 0 Å². The first-order valence-electron chi connectivity index (χ1n) is 11.0. The predicted octanol–water partition coefficient (Wildman–Crippen LogP) is 4.24. The summed E-state index contributed by atoms with van der Waals surface area (Å²) in [5.74, 6) is 0. The zero-order valence-corrected chi connectivity index (χ0v) is 18.2. The summed E-state index contributed by atoms with van der Waals surface area (Å²) in [4.78, 5) is 18.6. The molecule has 0 saturated carbocycles. The molecule has 0 bridgehead atoms. The van der Waals surface area contributed by atoms with Gasteiger partial charge in [-0.1, -0.05) is 24.3 Å². The van der Waals surface area contributed by atoms with Crippen molar-refractivity contribution in [2.75, 3.05) is 0 Å². The van der Waals surface area contributed by atoms with Gasteiger partial charge in [-0.3, -0.25) is 19.3 Å². The van der Waals surface area contributed by atoms with Gasteiger partial charge in [0.25, 0.3) is 0 Å². The minimum Gasteiger partial charge on any atom is -0.266 e. The average Bonchev–Trinajstić information content (AvgIpc) is 3.55. The molecule has 0 aliphatic rings. The van der Waals surface area contributed by atoms with Crippen molar-refractivity contribution >= 4 is 11.0 Å². The summed E-state index contributed by atoms with van der Waals surface area (Å²) in [5.41, 5.74) is 6.73. The molecule has 0 unspecified atom stereocenters. The molecule has 0 spiro atoms. The van der Waals surface area contributed by atoms with Crippen LogP contribution in [0.5, 0.6) is 0 Å². The highest BCUT2D eigenvalue weighted by Crippen LogP contribution is 2.19. The fourth-order valence-corrected chi connectivity index (χ4v) is 3.83. The van der Waals surface area contributed by atoms with Gasteiger partial charge in [0, 0.05) is 24.8 Å². The van der Waals surface area contributed by atoms with Crippen LogP contribution in [0.2, 0.25) is 0 Å². The number of benzene rings is 1. The predicted molar refractivity (Wildman–Crippen MR) is 129 cm³/mol. The fraction of sp³-hybridized carbons (Fsp3) is 0.0769. The minimum atomic E-state index is 0.494. The topological polar surface area (TPSA) is 87.2 Å². The van der Waals surface area contributed by atoms with Crippen molar-refractivity contribution in [1.82, 2.24) is 39.5 Å². The van der Waals surface area contributed by atoms with E-state index >= 15 is 0 Å². The standard InChI is InChI=1S/C26H20N8/c1-2-10-22-21(9-1)29-25(17-33-15-11-23(31-33)19-7-3-5-13-27-19)26(30-22)18-34-16-12-24(32-34)20-8-4-6-14-28-20/h1-16H,17-18H2. The monoisotopic (exact) mass is 444 g/mol. The summed E-state index contributed by atoms with van der Waals surface area (Å²) >= 11 is 0. The molecule has 5 heterocycles. The van der Waals surface area contributed by atoms with Crippen LogP contribution in [0.1, 0.15) is 11.4 Å². The summed E-state index contributed by atoms with van der Waals surface area (Å²) < 4.78 is 3.74. The Morgan fingerprint density at radius 2 is 0.971 bits per heavy atom. The van der Waals surface area contributed by atoms with Crippen LogP contribution in [-0.2, 0) is 13.1 Å². The van der Waals surface area contributed by atoms with Crippen molar-refractivity contribution in [3.8, 4) is 22.8 Å². The molecule has 0 amide bonds. The van der Waals surface area contributed by atoms with Crippen molar-refractivity contribution in [1.29, 1.82) is 0 Å².